The summed E-state index contributed by atoms with van der Waals surface area (Å²) in [6.07, 6.45) is 8.66. The zero-order valence-electron chi connectivity index (χ0n) is 10.3. The summed E-state index contributed by atoms with van der Waals surface area (Å²) in [4.78, 5) is 11.3. The molecule has 1 unspecified atom stereocenters. The maximum absolute atomic E-state index is 11.3. The molecule has 4 heteroatoms. The van der Waals surface area contributed by atoms with Crippen LogP contribution in [-0.2, 0) is 9.53 Å². The Balaban J connectivity index is 2.63. The Kier molecular flexibility index (Phi) is 7.21. The fourth-order valence-electron chi connectivity index (χ4n) is 2.18. The molecule has 0 radical (unpaired) electrons. The number of hydrogen-bond acceptors (Lipinski definition) is 2. The van der Waals surface area contributed by atoms with E-state index in [0.717, 1.165) is 32.1 Å². The van der Waals surface area contributed by atoms with Crippen molar-refractivity contribution in [3.8, 4) is 0 Å². The summed E-state index contributed by atoms with van der Waals surface area (Å²) in [5, 5.41) is 0. The molecule has 0 aliphatic heterocycles. The Hall–Kier alpha value is -0.0200. The van der Waals surface area contributed by atoms with Crippen molar-refractivity contribution in [1.29, 1.82) is 0 Å². The molecule has 0 aromatic rings. The Labute approximate surface area is 117 Å². The highest BCUT2D eigenvalue weighted by molar-refractivity contribution is 9.11. The molecule has 0 fully saturated rings. The quantitative estimate of drug-likeness (QED) is 0.535. The first-order chi connectivity index (χ1) is 8.19. The standard InChI is InChI=1S/C13H20BrClO2/c1-2-3-8-12(17-13(16)9-15)10-6-4-5-7-11(10)14/h7,10,12H,2-6,8-9H2,1H3/t10?,12-/m0/s1. The van der Waals surface area contributed by atoms with Crippen LogP contribution in [-0.4, -0.2) is 18.0 Å². The van der Waals surface area contributed by atoms with Crippen molar-refractivity contribution < 1.29 is 9.53 Å². The van der Waals surface area contributed by atoms with E-state index in [4.69, 9.17) is 16.3 Å². The molecule has 98 valence electrons. The third-order valence-electron chi connectivity index (χ3n) is 3.10. The molecule has 0 saturated heterocycles. The summed E-state index contributed by atoms with van der Waals surface area (Å²) < 4.78 is 6.66. The highest BCUT2D eigenvalue weighted by Gasteiger charge is 2.28. The van der Waals surface area contributed by atoms with Crippen molar-refractivity contribution in [2.75, 3.05) is 5.88 Å². The highest BCUT2D eigenvalue weighted by Crippen LogP contribution is 2.34. The third-order valence-corrected chi connectivity index (χ3v) is 4.23. The predicted octanol–water partition coefficient (Wildman–Crippen LogP) is 4.41. The van der Waals surface area contributed by atoms with E-state index in [2.05, 4.69) is 28.9 Å². The highest BCUT2D eigenvalue weighted by atomic mass is 79.9. The molecule has 0 spiro atoms. The summed E-state index contributed by atoms with van der Waals surface area (Å²) in [5.74, 6) is -0.0439. The van der Waals surface area contributed by atoms with Crippen molar-refractivity contribution in [3.05, 3.63) is 10.6 Å². The summed E-state index contributed by atoms with van der Waals surface area (Å²) in [7, 11) is 0. The molecular formula is C13H20BrClO2. The Morgan fingerprint density at radius 1 is 1.71 bits per heavy atom. The van der Waals surface area contributed by atoms with Gasteiger partial charge in [-0.25, -0.2) is 0 Å². The van der Waals surface area contributed by atoms with Crippen molar-refractivity contribution in [3.63, 3.8) is 0 Å². The van der Waals surface area contributed by atoms with E-state index >= 15 is 0 Å². The van der Waals surface area contributed by atoms with Crippen LogP contribution in [0, 0.1) is 5.92 Å². The first kappa shape index (κ1) is 15.0. The van der Waals surface area contributed by atoms with Gasteiger partial charge in [0, 0.05) is 5.92 Å². The molecule has 1 rings (SSSR count). The topological polar surface area (TPSA) is 26.3 Å². The van der Waals surface area contributed by atoms with Crippen molar-refractivity contribution >= 4 is 33.5 Å². The normalized spacial score (nSPS) is 21.8. The number of rotatable bonds is 6. The minimum atomic E-state index is -0.307. The number of carbonyl (C=O) groups excluding carboxylic acids is 1. The van der Waals surface area contributed by atoms with Gasteiger partial charge in [0.1, 0.15) is 12.0 Å². The third kappa shape index (κ3) is 5.01. The Morgan fingerprint density at radius 3 is 3.06 bits per heavy atom. The number of unbranched alkanes of at least 4 members (excludes halogenated alkanes) is 1. The second-order valence-corrected chi connectivity index (χ2v) is 5.61. The molecule has 0 bridgehead atoms. The lowest BCUT2D eigenvalue weighted by molar-refractivity contribution is -0.148. The summed E-state index contributed by atoms with van der Waals surface area (Å²) in [6.45, 7) is 2.15. The van der Waals surface area contributed by atoms with Gasteiger partial charge in [0.15, 0.2) is 0 Å². The molecule has 0 saturated carbocycles. The van der Waals surface area contributed by atoms with Gasteiger partial charge in [0.2, 0.25) is 0 Å². The molecule has 1 aliphatic rings. The number of ether oxygens (including phenoxy) is 1. The molecule has 0 amide bonds. The monoisotopic (exact) mass is 322 g/mol. The minimum absolute atomic E-state index is 0.0212. The lowest BCUT2D eigenvalue weighted by Crippen LogP contribution is -2.29. The molecular weight excluding hydrogens is 303 g/mol. The maximum Gasteiger partial charge on any atom is 0.321 e. The van der Waals surface area contributed by atoms with Crippen LogP contribution >= 0.6 is 27.5 Å². The van der Waals surface area contributed by atoms with Crippen LogP contribution < -0.4 is 0 Å². The summed E-state index contributed by atoms with van der Waals surface area (Å²) >= 11 is 9.10. The van der Waals surface area contributed by atoms with Gasteiger partial charge in [-0.05, 0) is 30.2 Å². The van der Waals surface area contributed by atoms with Gasteiger partial charge in [0.25, 0.3) is 0 Å². The molecule has 2 atom stereocenters. The van der Waals surface area contributed by atoms with E-state index < -0.39 is 0 Å². The maximum atomic E-state index is 11.3. The molecule has 1 aliphatic carbocycles. The Morgan fingerprint density at radius 2 is 2.47 bits per heavy atom. The molecule has 0 heterocycles. The SMILES string of the molecule is CCCC[C@H](OC(=O)CCl)C1CCCC=C1Br. The Bertz CT molecular complexity index is 279. The first-order valence-corrected chi connectivity index (χ1v) is 7.62. The summed E-state index contributed by atoms with van der Waals surface area (Å²) in [5.41, 5.74) is 0. The van der Waals surface area contributed by atoms with Crippen LogP contribution in [0.2, 0.25) is 0 Å². The number of esters is 1. The van der Waals surface area contributed by atoms with Crippen LogP contribution in [0.1, 0.15) is 45.4 Å². The second kappa shape index (κ2) is 8.15. The molecule has 0 aromatic carbocycles. The van der Waals surface area contributed by atoms with E-state index in [1.807, 2.05) is 0 Å². The van der Waals surface area contributed by atoms with Crippen LogP contribution in [0.4, 0.5) is 0 Å². The predicted molar refractivity (Wildman–Crippen MR) is 74.5 cm³/mol. The number of carbonyl (C=O) groups is 1. The van der Waals surface area contributed by atoms with E-state index in [1.165, 1.54) is 10.9 Å². The number of halogens is 2. The minimum Gasteiger partial charge on any atom is -0.461 e. The van der Waals surface area contributed by atoms with Gasteiger partial charge in [-0.1, -0.05) is 41.8 Å². The first-order valence-electron chi connectivity index (χ1n) is 6.30. The van der Waals surface area contributed by atoms with E-state index in [-0.39, 0.29) is 18.0 Å². The molecule has 0 aromatic heterocycles. The van der Waals surface area contributed by atoms with Gasteiger partial charge in [-0.3, -0.25) is 4.79 Å². The van der Waals surface area contributed by atoms with Gasteiger partial charge in [0.05, 0.1) is 0 Å². The second-order valence-electron chi connectivity index (χ2n) is 4.43. The van der Waals surface area contributed by atoms with E-state index in [9.17, 15) is 4.79 Å². The molecule has 0 N–H and O–H groups in total. The summed E-state index contributed by atoms with van der Waals surface area (Å²) in [6, 6.07) is 0. The lowest BCUT2D eigenvalue weighted by Gasteiger charge is -2.29. The van der Waals surface area contributed by atoms with Crippen LogP contribution in [0.25, 0.3) is 0 Å². The largest absolute Gasteiger partial charge is 0.461 e. The number of allylic oxidation sites excluding steroid dienone is 1. The van der Waals surface area contributed by atoms with Crippen LogP contribution in [0.5, 0.6) is 0 Å². The molecule has 17 heavy (non-hydrogen) atoms. The van der Waals surface area contributed by atoms with Gasteiger partial charge < -0.3 is 4.74 Å². The van der Waals surface area contributed by atoms with Gasteiger partial charge in [-0.2, -0.15) is 0 Å². The van der Waals surface area contributed by atoms with E-state index in [1.54, 1.807) is 0 Å². The fourth-order valence-corrected chi connectivity index (χ4v) is 2.99. The van der Waals surface area contributed by atoms with E-state index in [0.29, 0.717) is 5.92 Å². The fraction of sp³-hybridized carbons (Fsp3) is 0.769. The number of alkyl halides is 1. The average Bonchev–Trinajstić information content (AvgIpc) is 2.35. The average molecular weight is 324 g/mol. The molecule has 2 nitrogen and oxygen atoms in total. The van der Waals surface area contributed by atoms with Crippen LogP contribution in [0.15, 0.2) is 10.6 Å². The van der Waals surface area contributed by atoms with Crippen molar-refractivity contribution in [1.82, 2.24) is 0 Å². The zero-order chi connectivity index (χ0) is 12.7. The smallest absolute Gasteiger partial charge is 0.321 e. The van der Waals surface area contributed by atoms with Crippen molar-refractivity contribution in [2.24, 2.45) is 5.92 Å². The lowest BCUT2D eigenvalue weighted by atomic mass is 9.88. The van der Waals surface area contributed by atoms with Gasteiger partial charge >= 0.3 is 5.97 Å². The number of hydrogen-bond donors (Lipinski definition) is 0. The van der Waals surface area contributed by atoms with Crippen LogP contribution in [0.3, 0.4) is 0 Å². The van der Waals surface area contributed by atoms with Gasteiger partial charge in [-0.15, -0.1) is 11.6 Å². The van der Waals surface area contributed by atoms with Crippen molar-refractivity contribution in [2.45, 2.75) is 51.6 Å². The zero-order valence-corrected chi connectivity index (χ0v) is 12.6.